The largest absolute Gasteiger partial charge is 0.366 e. The number of sulfonamides is 1. The summed E-state index contributed by atoms with van der Waals surface area (Å²) in [7, 11) is -3.50. The average molecular weight is 320 g/mol. The van der Waals surface area contributed by atoms with E-state index in [4.69, 9.17) is 11.5 Å². The maximum absolute atomic E-state index is 12.3. The first-order valence-electron chi connectivity index (χ1n) is 6.05. The van der Waals surface area contributed by atoms with Crippen molar-refractivity contribution in [2.24, 2.45) is 17.4 Å². The molecule has 1 aromatic carbocycles. The topological polar surface area (TPSA) is 106 Å². The number of primary amides is 1. The van der Waals surface area contributed by atoms with Crippen LogP contribution in [0.15, 0.2) is 29.2 Å². The van der Waals surface area contributed by atoms with Crippen LogP contribution in [0.2, 0.25) is 0 Å². The fourth-order valence-electron chi connectivity index (χ4n) is 2.15. The summed E-state index contributed by atoms with van der Waals surface area (Å²) in [6, 6.07) is 5.66. The summed E-state index contributed by atoms with van der Waals surface area (Å²) in [4.78, 5) is 11.1. The smallest absolute Gasteiger partial charge is 0.248 e. The monoisotopic (exact) mass is 319 g/mol. The molecule has 0 aliphatic carbocycles. The van der Waals surface area contributed by atoms with E-state index < -0.39 is 15.9 Å². The highest BCUT2D eigenvalue weighted by molar-refractivity contribution is 7.89. The Balaban J connectivity index is 0.00000200. The molecule has 1 amide bonds. The van der Waals surface area contributed by atoms with Crippen LogP contribution in [0.25, 0.3) is 0 Å². The molecule has 112 valence electrons. The minimum absolute atomic E-state index is 0. The molecule has 1 unspecified atom stereocenters. The summed E-state index contributed by atoms with van der Waals surface area (Å²) >= 11 is 0. The molecule has 4 N–H and O–H groups in total. The zero-order valence-corrected chi connectivity index (χ0v) is 12.5. The number of benzene rings is 1. The molecular formula is C12H18ClN3O3S. The maximum atomic E-state index is 12.3. The molecule has 0 radical (unpaired) electrons. The van der Waals surface area contributed by atoms with Gasteiger partial charge in [-0.25, -0.2) is 8.42 Å². The Hall–Kier alpha value is -1.15. The van der Waals surface area contributed by atoms with Gasteiger partial charge in [0, 0.05) is 18.7 Å². The summed E-state index contributed by atoms with van der Waals surface area (Å²) in [5, 5.41) is 0. The Bertz CT molecular complexity index is 574. The molecule has 20 heavy (non-hydrogen) atoms. The second-order valence-corrected chi connectivity index (χ2v) is 6.58. The third kappa shape index (κ3) is 3.29. The van der Waals surface area contributed by atoms with Crippen LogP contribution in [0.3, 0.4) is 0 Å². The van der Waals surface area contributed by atoms with Crippen molar-refractivity contribution < 1.29 is 13.2 Å². The van der Waals surface area contributed by atoms with Gasteiger partial charge in [-0.15, -0.1) is 12.4 Å². The van der Waals surface area contributed by atoms with Gasteiger partial charge < -0.3 is 11.5 Å². The van der Waals surface area contributed by atoms with Crippen LogP contribution in [0.4, 0.5) is 0 Å². The summed E-state index contributed by atoms with van der Waals surface area (Å²) in [6.07, 6.45) is 0.787. The quantitative estimate of drug-likeness (QED) is 0.825. The van der Waals surface area contributed by atoms with Crippen molar-refractivity contribution in [1.82, 2.24) is 4.31 Å². The molecule has 8 heteroatoms. The van der Waals surface area contributed by atoms with Crippen molar-refractivity contribution in [2.45, 2.75) is 11.3 Å². The molecule has 6 nitrogen and oxygen atoms in total. The second kappa shape index (κ2) is 6.53. The van der Waals surface area contributed by atoms with E-state index in [0.717, 1.165) is 6.42 Å². The molecule has 2 rings (SSSR count). The Kier molecular flexibility index (Phi) is 5.52. The van der Waals surface area contributed by atoms with Gasteiger partial charge in [-0.2, -0.15) is 4.31 Å². The van der Waals surface area contributed by atoms with E-state index in [1.807, 2.05) is 0 Å². The van der Waals surface area contributed by atoms with Crippen LogP contribution in [0.5, 0.6) is 0 Å². The van der Waals surface area contributed by atoms with Crippen LogP contribution < -0.4 is 11.5 Å². The van der Waals surface area contributed by atoms with Gasteiger partial charge in [0.2, 0.25) is 15.9 Å². The predicted molar refractivity (Wildman–Crippen MR) is 78.1 cm³/mol. The molecule has 0 saturated carbocycles. The van der Waals surface area contributed by atoms with E-state index in [9.17, 15) is 13.2 Å². The first kappa shape index (κ1) is 16.9. The third-order valence-electron chi connectivity index (χ3n) is 3.36. The predicted octanol–water partition coefficient (Wildman–Crippen LogP) is 0.177. The molecule has 1 aromatic rings. The molecule has 0 bridgehead atoms. The Labute approximate surface area is 124 Å². The van der Waals surface area contributed by atoms with Crippen molar-refractivity contribution in [3.63, 3.8) is 0 Å². The normalized spacial score (nSPS) is 19.6. The van der Waals surface area contributed by atoms with E-state index >= 15 is 0 Å². The highest BCUT2D eigenvalue weighted by Gasteiger charge is 2.31. The number of hydrogen-bond donors (Lipinski definition) is 2. The molecule has 1 fully saturated rings. The van der Waals surface area contributed by atoms with E-state index in [1.54, 1.807) is 0 Å². The van der Waals surface area contributed by atoms with Crippen LogP contribution in [0, 0.1) is 5.92 Å². The highest BCUT2D eigenvalue weighted by atomic mass is 35.5. The van der Waals surface area contributed by atoms with Crippen molar-refractivity contribution in [2.75, 3.05) is 19.6 Å². The van der Waals surface area contributed by atoms with Crippen molar-refractivity contribution in [3.05, 3.63) is 29.8 Å². The number of carbonyl (C=O) groups excluding carboxylic acids is 1. The number of halogens is 1. The van der Waals surface area contributed by atoms with Gasteiger partial charge in [-0.05, 0) is 43.1 Å². The SMILES string of the molecule is Cl.NCC1CCN(S(=O)(=O)c2ccc(C(N)=O)cc2)C1. The number of amides is 1. The lowest BCUT2D eigenvalue weighted by Gasteiger charge is -2.16. The van der Waals surface area contributed by atoms with E-state index in [2.05, 4.69) is 0 Å². The highest BCUT2D eigenvalue weighted by Crippen LogP contribution is 2.23. The van der Waals surface area contributed by atoms with E-state index in [1.165, 1.54) is 28.6 Å². The molecule has 1 atom stereocenters. The summed E-state index contributed by atoms with van der Waals surface area (Å²) in [5.74, 6) is -0.354. The lowest BCUT2D eigenvalue weighted by atomic mass is 10.1. The Morgan fingerprint density at radius 1 is 1.30 bits per heavy atom. The minimum Gasteiger partial charge on any atom is -0.366 e. The fourth-order valence-corrected chi connectivity index (χ4v) is 3.68. The maximum Gasteiger partial charge on any atom is 0.248 e. The third-order valence-corrected chi connectivity index (χ3v) is 5.24. The number of nitrogens with zero attached hydrogens (tertiary/aromatic N) is 1. The fraction of sp³-hybridized carbons (Fsp3) is 0.417. The first-order valence-corrected chi connectivity index (χ1v) is 7.49. The Morgan fingerprint density at radius 2 is 1.90 bits per heavy atom. The zero-order chi connectivity index (χ0) is 14.0. The minimum atomic E-state index is -3.50. The number of rotatable bonds is 4. The van der Waals surface area contributed by atoms with Crippen molar-refractivity contribution >= 4 is 28.3 Å². The summed E-state index contributed by atoms with van der Waals surface area (Å²) in [5.41, 5.74) is 11.0. The number of carbonyl (C=O) groups is 1. The molecule has 1 saturated heterocycles. The van der Waals surface area contributed by atoms with Gasteiger partial charge in [0.15, 0.2) is 0 Å². The van der Waals surface area contributed by atoms with Crippen LogP contribution in [-0.2, 0) is 10.0 Å². The van der Waals surface area contributed by atoms with Gasteiger partial charge in [-0.1, -0.05) is 0 Å². The lowest BCUT2D eigenvalue weighted by molar-refractivity contribution is 0.1000. The first-order chi connectivity index (χ1) is 8.95. The lowest BCUT2D eigenvalue weighted by Crippen LogP contribution is -2.30. The van der Waals surface area contributed by atoms with Crippen LogP contribution >= 0.6 is 12.4 Å². The van der Waals surface area contributed by atoms with Gasteiger partial charge >= 0.3 is 0 Å². The van der Waals surface area contributed by atoms with E-state index in [0.29, 0.717) is 25.2 Å². The van der Waals surface area contributed by atoms with Crippen molar-refractivity contribution in [3.8, 4) is 0 Å². The second-order valence-electron chi connectivity index (χ2n) is 4.64. The molecular weight excluding hydrogens is 302 g/mol. The number of nitrogens with two attached hydrogens (primary N) is 2. The van der Waals surface area contributed by atoms with Gasteiger partial charge in [0.25, 0.3) is 0 Å². The van der Waals surface area contributed by atoms with Gasteiger partial charge in [-0.3, -0.25) is 4.79 Å². The van der Waals surface area contributed by atoms with Crippen LogP contribution in [0.1, 0.15) is 16.8 Å². The Morgan fingerprint density at radius 3 is 2.35 bits per heavy atom. The zero-order valence-electron chi connectivity index (χ0n) is 10.9. The van der Waals surface area contributed by atoms with Crippen molar-refractivity contribution in [1.29, 1.82) is 0 Å². The molecule has 1 aliphatic heterocycles. The molecule has 0 aromatic heterocycles. The molecule has 1 aliphatic rings. The van der Waals surface area contributed by atoms with Gasteiger partial charge in [0.1, 0.15) is 0 Å². The number of hydrogen-bond acceptors (Lipinski definition) is 4. The molecule has 1 heterocycles. The van der Waals surface area contributed by atoms with Crippen LogP contribution in [-0.4, -0.2) is 38.3 Å². The van der Waals surface area contributed by atoms with E-state index in [-0.39, 0.29) is 23.2 Å². The summed E-state index contributed by atoms with van der Waals surface area (Å²) in [6.45, 7) is 1.44. The standard InChI is InChI=1S/C12H17N3O3S.ClH/c13-7-9-5-6-15(8-9)19(17,18)11-3-1-10(2-4-11)12(14)16;/h1-4,9H,5-8,13H2,(H2,14,16);1H. The average Bonchev–Trinajstić information content (AvgIpc) is 2.88. The summed E-state index contributed by atoms with van der Waals surface area (Å²) < 4.78 is 26.1. The molecule has 0 spiro atoms. The van der Waals surface area contributed by atoms with Gasteiger partial charge in [0.05, 0.1) is 4.90 Å².